The fourth-order valence-corrected chi connectivity index (χ4v) is 4.91. The number of carbonyl (C=O) groups excluding carboxylic acids is 1. The van der Waals surface area contributed by atoms with Crippen LogP contribution in [-0.2, 0) is 4.74 Å². The molecule has 5 aromatic rings. The molecule has 0 saturated carbocycles. The van der Waals surface area contributed by atoms with Crippen LogP contribution in [0.4, 0.5) is 11.4 Å². The van der Waals surface area contributed by atoms with E-state index in [1.54, 1.807) is 37.5 Å². The summed E-state index contributed by atoms with van der Waals surface area (Å²) in [5, 5.41) is 5.24. The number of nitrogens with one attached hydrogen (secondary N) is 1. The van der Waals surface area contributed by atoms with Crippen LogP contribution in [-0.4, -0.2) is 37.2 Å². The molecule has 3 aromatic carbocycles. The zero-order valence-electron chi connectivity index (χ0n) is 20.4. The number of para-hydroxylation sites is 1. The summed E-state index contributed by atoms with van der Waals surface area (Å²) < 4.78 is 11.7. The van der Waals surface area contributed by atoms with Gasteiger partial charge < -0.3 is 19.4 Å². The van der Waals surface area contributed by atoms with Gasteiger partial charge in [-0.1, -0.05) is 36.4 Å². The number of pyridine rings is 1. The molecule has 0 atom stereocenters. The van der Waals surface area contributed by atoms with Crippen LogP contribution in [0, 0.1) is 6.92 Å². The Bertz CT molecular complexity index is 1690. The maximum atomic E-state index is 13.6. The van der Waals surface area contributed by atoms with Crippen LogP contribution in [0.5, 0.6) is 0 Å². The van der Waals surface area contributed by atoms with E-state index in [1.165, 1.54) is 0 Å². The maximum absolute atomic E-state index is 13.6. The van der Waals surface area contributed by atoms with Crippen LogP contribution in [0.25, 0.3) is 33.1 Å². The molecule has 3 heterocycles. The molecule has 37 heavy (non-hydrogen) atoms. The zero-order chi connectivity index (χ0) is 25.4. The van der Waals surface area contributed by atoms with Gasteiger partial charge in [-0.15, -0.1) is 0 Å². The summed E-state index contributed by atoms with van der Waals surface area (Å²) in [6.07, 6.45) is 3.51. The van der Waals surface area contributed by atoms with Gasteiger partial charge in [0.1, 0.15) is 5.76 Å². The molecule has 0 unspecified atom stereocenters. The lowest BCUT2D eigenvalue weighted by molar-refractivity contribution is 0.102. The summed E-state index contributed by atoms with van der Waals surface area (Å²) in [5.74, 6) is 0.101. The number of carbonyl (C=O) groups is 1. The van der Waals surface area contributed by atoms with E-state index in [2.05, 4.69) is 15.2 Å². The van der Waals surface area contributed by atoms with Crippen molar-refractivity contribution < 1.29 is 13.9 Å². The lowest BCUT2D eigenvalue weighted by Crippen LogP contribution is -2.36. The number of fused-ring (bicyclic) bond motifs is 2. The van der Waals surface area contributed by atoms with E-state index in [9.17, 15) is 9.59 Å². The van der Waals surface area contributed by atoms with E-state index < -0.39 is 0 Å². The van der Waals surface area contributed by atoms with Gasteiger partial charge in [-0.2, -0.15) is 0 Å². The third kappa shape index (κ3) is 4.13. The lowest BCUT2D eigenvalue weighted by Gasteiger charge is -2.30. The van der Waals surface area contributed by atoms with E-state index in [-0.39, 0.29) is 16.9 Å². The topological polar surface area (TPSA) is 84.7 Å². The third-order valence-corrected chi connectivity index (χ3v) is 6.82. The third-order valence-electron chi connectivity index (χ3n) is 6.82. The predicted octanol–water partition coefficient (Wildman–Crippen LogP) is 5.41. The molecule has 7 nitrogen and oxygen atoms in total. The Kier molecular flexibility index (Phi) is 5.90. The highest BCUT2D eigenvalue weighted by Crippen LogP contribution is 2.33. The fourth-order valence-electron chi connectivity index (χ4n) is 4.91. The van der Waals surface area contributed by atoms with E-state index in [4.69, 9.17) is 9.15 Å². The number of nitrogens with zero attached hydrogens (tertiary/aromatic N) is 2. The maximum Gasteiger partial charge on any atom is 0.259 e. The molecule has 0 bridgehead atoms. The van der Waals surface area contributed by atoms with Gasteiger partial charge in [0.25, 0.3) is 5.91 Å². The molecule has 7 heteroatoms. The number of amides is 1. The first-order valence-electron chi connectivity index (χ1n) is 12.2. The van der Waals surface area contributed by atoms with E-state index in [0.717, 1.165) is 35.1 Å². The van der Waals surface area contributed by atoms with Crippen molar-refractivity contribution in [2.75, 3.05) is 36.5 Å². The van der Waals surface area contributed by atoms with Gasteiger partial charge in [-0.3, -0.25) is 14.6 Å². The molecule has 6 rings (SSSR count). The minimum atomic E-state index is -0.360. The standard InChI is InChI=1S/C30H25N3O4/c1-19-27(34)22-8-5-9-23(29(22)37-28(19)20-6-3-2-4-7-20)30(35)32-25-10-11-26(33-14-16-36-17-15-33)21-12-13-31-18-24(21)25/h2-13,18H,14-17H2,1H3,(H,32,35). The number of hydrogen-bond donors (Lipinski definition) is 1. The van der Waals surface area contributed by atoms with Gasteiger partial charge in [-0.05, 0) is 37.3 Å². The van der Waals surface area contributed by atoms with E-state index in [0.29, 0.717) is 41.2 Å². The van der Waals surface area contributed by atoms with Crippen LogP contribution >= 0.6 is 0 Å². The van der Waals surface area contributed by atoms with Gasteiger partial charge in [0, 0.05) is 53.1 Å². The highest BCUT2D eigenvalue weighted by Gasteiger charge is 2.20. The van der Waals surface area contributed by atoms with Gasteiger partial charge >= 0.3 is 0 Å². The number of anilines is 2. The molecule has 2 aromatic heterocycles. The molecular formula is C30H25N3O4. The Labute approximate surface area is 213 Å². The Morgan fingerprint density at radius 3 is 2.54 bits per heavy atom. The second kappa shape index (κ2) is 9.52. The van der Waals surface area contributed by atoms with Crippen LogP contribution in [0.2, 0.25) is 0 Å². The van der Waals surface area contributed by atoms with Gasteiger partial charge in [-0.25, -0.2) is 0 Å². The second-order valence-corrected chi connectivity index (χ2v) is 9.04. The van der Waals surface area contributed by atoms with Crippen LogP contribution in [0.15, 0.2) is 88.3 Å². The van der Waals surface area contributed by atoms with Gasteiger partial charge in [0.15, 0.2) is 11.0 Å². The zero-order valence-corrected chi connectivity index (χ0v) is 20.4. The monoisotopic (exact) mass is 491 g/mol. The number of ether oxygens (including phenoxy) is 1. The number of benzene rings is 3. The molecule has 184 valence electrons. The van der Waals surface area contributed by atoms with Crippen molar-refractivity contribution in [3.63, 3.8) is 0 Å². The van der Waals surface area contributed by atoms with Crippen molar-refractivity contribution in [3.05, 3.63) is 100 Å². The fraction of sp³-hybridized carbons (Fsp3) is 0.167. The molecule has 1 aliphatic rings. The van der Waals surface area contributed by atoms with E-state index in [1.807, 2.05) is 48.5 Å². The highest BCUT2D eigenvalue weighted by atomic mass is 16.5. The van der Waals surface area contributed by atoms with Crippen LogP contribution < -0.4 is 15.6 Å². The summed E-state index contributed by atoms with van der Waals surface area (Å²) in [4.78, 5) is 33.4. The average molecular weight is 492 g/mol. The summed E-state index contributed by atoms with van der Waals surface area (Å²) >= 11 is 0. The minimum absolute atomic E-state index is 0.153. The van der Waals surface area contributed by atoms with E-state index >= 15 is 0 Å². The Morgan fingerprint density at radius 2 is 1.73 bits per heavy atom. The van der Waals surface area contributed by atoms with Crippen molar-refractivity contribution in [1.82, 2.24) is 4.98 Å². The molecule has 1 N–H and O–H groups in total. The molecule has 0 spiro atoms. The number of rotatable bonds is 4. The summed E-state index contributed by atoms with van der Waals surface area (Å²) in [5.41, 5.74) is 3.41. The molecule has 0 radical (unpaired) electrons. The first-order valence-corrected chi connectivity index (χ1v) is 12.2. The second-order valence-electron chi connectivity index (χ2n) is 9.04. The Balaban J connectivity index is 1.42. The number of hydrogen-bond acceptors (Lipinski definition) is 6. The van der Waals surface area contributed by atoms with Crippen molar-refractivity contribution in [2.45, 2.75) is 6.92 Å². The highest BCUT2D eigenvalue weighted by molar-refractivity contribution is 6.15. The first-order chi connectivity index (χ1) is 18.1. The summed E-state index contributed by atoms with van der Waals surface area (Å²) in [6.45, 7) is 4.72. The smallest absolute Gasteiger partial charge is 0.259 e. The Hall–Kier alpha value is -4.49. The summed E-state index contributed by atoms with van der Waals surface area (Å²) in [6, 6.07) is 20.4. The van der Waals surface area contributed by atoms with Crippen molar-refractivity contribution in [1.29, 1.82) is 0 Å². The molecular weight excluding hydrogens is 466 g/mol. The normalized spacial score (nSPS) is 13.7. The Morgan fingerprint density at radius 1 is 0.919 bits per heavy atom. The molecule has 1 fully saturated rings. The minimum Gasteiger partial charge on any atom is -0.455 e. The molecule has 1 amide bonds. The quantitative estimate of drug-likeness (QED) is 0.362. The summed E-state index contributed by atoms with van der Waals surface area (Å²) in [7, 11) is 0. The SMILES string of the molecule is Cc1c(-c2ccccc2)oc2c(C(=O)Nc3ccc(N4CCOCC4)c4ccncc34)cccc2c1=O. The number of morpholine rings is 1. The average Bonchev–Trinajstić information content (AvgIpc) is 2.95. The first kappa shape index (κ1) is 22.9. The van der Waals surface area contributed by atoms with Crippen molar-refractivity contribution in [2.24, 2.45) is 0 Å². The van der Waals surface area contributed by atoms with Gasteiger partial charge in [0.05, 0.1) is 29.9 Å². The lowest BCUT2D eigenvalue weighted by atomic mass is 10.0. The predicted molar refractivity (Wildman–Crippen MR) is 145 cm³/mol. The number of aromatic nitrogens is 1. The largest absolute Gasteiger partial charge is 0.455 e. The molecule has 1 aliphatic heterocycles. The molecule has 0 aliphatic carbocycles. The van der Waals surface area contributed by atoms with Crippen molar-refractivity contribution >= 4 is 39.0 Å². The van der Waals surface area contributed by atoms with Gasteiger partial charge in [0.2, 0.25) is 0 Å². The van der Waals surface area contributed by atoms with Crippen LogP contribution in [0.3, 0.4) is 0 Å². The van der Waals surface area contributed by atoms with Crippen molar-refractivity contribution in [3.8, 4) is 11.3 Å². The molecule has 1 saturated heterocycles. The van der Waals surface area contributed by atoms with Crippen LogP contribution in [0.1, 0.15) is 15.9 Å².